The zero-order valence-electron chi connectivity index (χ0n) is 15.7. The first-order chi connectivity index (χ1) is 13.4. The highest BCUT2D eigenvalue weighted by atomic mass is 32.2. The van der Waals surface area contributed by atoms with Gasteiger partial charge in [-0.1, -0.05) is 42.5 Å². The number of piperidine rings is 1. The average molecular weight is 401 g/mol. The maximum Gasteiger partial charge on any atom is 0.324 e. The number of ketones is 1. The van der Waals surface area contributed by atoms with Crippen molar-refractivity contribution >= 4 is 21.8 Å². The van der Waals surface area contributed by atoms with Gasteiger partial charge in [0.15, 0.2) is 5.78 Å². The van der Waals surface area contributed by atoms with Crippen LogP contribution in [0, 0.1) is 0 Å². The Balaban J connectivity index is 1.77. The van der Waals surface area contributed by atoms with Crippen molar-refractivity contribution in [2.75, 3.05) is 6.54 Å². The number of rotatable bonds is 6. The number of ether oxygens (including phenoxy) is 1. The van der Waals surface area contributed by atoms with Crippen molar-refractivity contribution in [3.8, 4) is 0 Å². The van der Waals surface area contributed by atoms with Gasteiger partial charge in [0.05, 0.1) is 4.90 Å². The van der Waals surface area contributed by atoms with E-state index in [-0.39, 0.29) is 23.8 Å². The summed E-state index contributed by atoms with van der Waals surface area (Å²) in [5.74, 6) is -0.670. The first kappa shape index (κ1) is 20.2. The Morgan fingerprint density at radius 1 is 1.04 bits per heavy atom. The molecule has 0 saturated carbocycles. The molecule has 1 aliphatic heterocycles. The van der Waals surface area contributed by atoms with E-state index in [0.29, 0.717) is 18.4 Å². The second kappa shape index (κ2) is 8.67. The lowest BCUT2D eigenvalue weighted by Gasteiger charge is -2.33. The smallest absolute Gasteiger partial charge is 0.324 e. The van der Waals surface area contributed by atoms with Crippen molar-refractivity contribution in [3.63, 3.8) is 0 Å². The van der Waals surface area contributed by atoms with Gasteiger partial charge in [-0.2, -0.15) is 4.31 Å². The Bertz CT molecular complexity index is 939. The number of nitrogens with zero attached hydrogens (tertiary/aromatic N) is 1. The highest BCUT2D eigenvalue weighted by Crippen LogP contribution is 2.26. The van der Waals surface area contributed by atoms with E-state index in [1.165, 1.54) is 35.5 Å². The monoisotopic (exact) mass is 401 g/mol. The molecule has 0 radical (unpaired) electrons. The maximum absolute atomic E-state index is 13.1. The van der Waals surface area contributed by atoms with E-state index in [0.717, 1.165) is 12.0 Å². The summed E-state index contributed by atoms with van der Waals surface area (Å²) < 4.78 is 32.8. The molecule has 1 aliphatic rings. The van der Waals surface area contributed by atoms with Crippen LogP contribution < -0.4 is 0 Å². The number of esters is 1. The van der Waals surface area contributed by atoms with Crippen molar-refractivity contribution in [1.82, 2.24) is 4.31 Å². The zero-order valence-corrected chi connectivity index (χ0v) is 16.5. The van der Waals surface area contributed by atoms with Crippen LogP contribution in [0.15, 0.2) is 59.5 Å². The molecular formula is C21H23NO5S. The summed E-state index contributed by atoms with van der Waals surface area (Å²) in [5, 5.41) is 0. The van der Waals surface area contributed by atoms with Crippen LogP contribution in [0.5, 0.6) is 0 Å². The van der Waals surface area contributed by atoms with Crippen LogP contribution in [0.1, 0.15) is 42.1 Å². The number of hydrogen-bond donors (Lipinski definition) is 0. The first-order valence-corrected chi connectivity index (χ1v) is 10.7. The van der Waals surface area contributed by atoms with Crippen LogP contribution in [-0.2, 0) is 26.2 Å². The fraction of sp³-hybridized carbons (Fsp3) is 0.333. The number of hydrogen-bond acceptors (Lipinski definition) is 5. The van der Waals surface area contributed by atoms with Gasteiger partial charge >= 0.3 is 5.97 Å². The summed E-state index contributed by atoms with van der Waals surface area (Å²) in [4.78, 5) is 24.1. The molecule has 1 atom stereocenters. The molecule has 0 bridgehead atoms. The van der Waals surface area contributed by atoms with E-state index in [1.807, 2.05) is 30.3 Å². The third kappa shape index (κ3) is 4.48. The predicted molar refractivity (Wildman–Crippen MR) is 104 cm³/mol. The van der Waals surface area contributed by atoms with Crippen LogP contribution in [0.4, 0.5) is 0 Å². The largest absolute Gasteiger partial charge is 0.460 e. The topological polar surface area (TPSA) is 80.8 Å². The Hall–Kier alpha value is -2.51. The summed E-state index contributed by atoms with van der Waals surface area (Å²) in [6, 6.07) is 14.2. The number of benzene rings is 2. The Kier molecular flexibility index (Phi) is 6.26. The van der Waals surface area contributed by atoms with Crippen LogP contribution in [0.25, 0.3) is 0 Å². The lowest BCUT2D eigenvalue weighted by atomic mass is 10.1. The average Bonchev–Trinajstić information content (AvgIpc) is 2.72. The lowest BCUT2D eigenvalue weighted by molar-refractivity contribution is -0.150. The molecule has 0 spiro atoms. The molecule has 1 fully saturated rings. The minimum Gasteiger partial charge on any atom is -0.460 e. The molecular weight excluding hydrogens is 378 g/mol. The van der Waals surface area contributed by atoms with Gasteiger partial charge in [-0.15, -0.1) is 0 Å². The molecule has 28 heavy (non-hydrogen) atoms. The van der Waals surface area contributed by atoms with Gasteiger partial charge < -0.3 is 4.74 Å². The van der Waals surface area contributed by atoms with Crippen LogP contribution in [0.2, 0.25) is 0 Å². The SMILES string of the molecule is CC(=O)c1ccc(S(=O)(=O)N2CCCCC2C(=O)OCc2ccccc2)cc1. The highest BCUT2D eigenvalue weighted by molar-refractivity contribution is 7.89. The van der Waals surface area contributed by atoms with E-state index in [4.69, 9.17) is 4.74 Å². The predicted octanol–water partition coefficient (Wildman–Crippen LogP) is 3.18. The Morgan fingerprint density at radius 2 is 1.71 bits per heavy atom. The molecule has 0 amide bonds. The van der Waals surface area contributed by atoms with Gasteiger partial charge in [0.2, 0.25) is 10.0 Å². The zero-order chi connectivity index (χ0) is 20.1. The third-order valence-electron chi connectivity index (χ3n) is 4.82. The molecule has 1 saturated heterocycles. The van der Waals surface area contributed by atoms with E-state index in [2.05, 4.69) is 0 Å². The normalized spacial score (nSPS) is 17.8. The van der Waals surface area contributed by atoms with Gasteiger partial charge in [-0.05, 0) is 43.9 Å². The summed E-state index contributed by atoms with van der Waals surface area (Å²) in [7, 11) is -3.86. The quantitative estimate of drug-likeness (QED) is 0.549. The molecule has 0 aromatic heterocycles. The molecule has 6 nitrogen and oxygen atoms in total. The van der Waals surface area contributed by atoms with Crippen LogP contribution >= 0.6 is 0 Å². The highest BCUT2D eigenvalue weighted by Gasteiger charge is 2.38. The molecule has 1 heterocycles. The summed E-state index contributed by atoms with van der Waals surface area (Å²) >= 11 is 0. The Morgan fingerprint density at radius 3 is 2.36 bits per heavy atom. The fourth-order valence-electron chi connectivity index (χ4n) is 3.25. The number of Topliss-reactive ketones (excluding diaryl/α,β-unsaturated/α-hetero) is 1. The second-order valence-electron chi connectivity index (χ2n) is 6.80. The van der Waals surface area contributed by atoms with Crippen molar-refractivity contribution in [1.29, 1.82) is 0 Å². The minimum atomic E-state index is -3.86. The second-order valence-corrected chi connectivity index (χ2v) is 8.69. The first-order valence-electron chi connectivity index (χ1n) is 9.23. The van der Waals surface area contributed by atoms with Crippen molar-refractivity contribution < 1.29 is 22.7 Å². The lowest BCUT2D eigenvalue weighted by Crippen LogP contribution is -2.48. The molecule has 0 aliphatic carbocycles. The van der Waals surface area contributed by atoms with E-state index in [1.54, 1.807) is 0 Å². The van der Waals surface area contributed by atoms with Gasteiger partial charge in [-0.25, -0.2) is 8.42 Å². The Labute approximate surface area is 165 Å². The van der Waals surface area contributed by atoms with Gasteiger partial charge in [0, 0.05) is 12.1 Å². The van der Waals surface area contributed by atoms with E-state index < -0.39 is 22.0 Å². The summed E-state index contributed by atoms with van der Waals surface area (Å²) in [6.07, 6.45) is 1.88. The summed E-state index contributed by atoms with van der Waals surface area (Å²) in [6.45, 7) is 1.80. The molecule has 2 aromatic carbocycles. The minimum absolute atomic E-state index is 0.0697. The third-order valence-corrected chi connectivity index (χ3v) is 6.74. The van der Waals surface area contributed by atoms with Crippen molar-refractivity contribution in [3.05, 3.63) is 65.7 Å². The van der Waals surface area contributed by atoms with Gasteiger partial charge in [0.25, 0.3) is 0 Å². The van der Waals surface area contributed by atoms with Crippen LogP contribution in [-0.4, -0.2) is 37.1 Å². The van der Waals surface area contributed by atoms with E-state index >= 15 is 0 Å². The number of sulfonamides is 1. The van der Waals surface area contributed by atoms with Crippen molar-refractivity contribution in [2.45, 2.75) is 43.7 Å². The molecule has 148 valence electrons. The molecule has 1 unspecified atom stereocenters. The van der Waals surface area contributed by atoms with Gasteiger partial charge in [-0.3, -0.25) is 9.59 Å². The maximum atomic E-state index is 13.1. The molecule has 3 rings (SSSR count). The van der Waals surface area contributed by atoms with Crippen LogP contribution in [0.3, 0.4) is 0 Å². The summed E-state index contributed by atoms with van der Waals surface area (Å²) in [5.41, 5.74) is 1.29. The molecule has 7 heteroatoms. The molecule has 0 N–H and O–H groups in total. The van der Waals surface area contributed by atoms with Crippen molar-refractivity contribution in [2.24, 2.45) is 0 Å². The number of carbonyl (C=O) groups excluding carboxylic acids is 2. The van der Waals surface area contributed by atoms with Gasteiger partial charge in [0.1, 0.15) is 12.6 Å². The number of carbonyl (C=O) groups is 2. The fourth-order valence-corrected chi connectivity index (χ4v) is 4.90. The standard InChI is InChI=1S/C21H23NO5S/c1-16(23)18-10-12-19(13-11-18)28(25,26)22-14-6-5-9-20(22)21(24)27-15-17-7-3-2-4-8-17/h2-4,7-8,10-13,20H,5-6,9,14-15H2,1H3. The molecule has 2 aromatic rings. The van der Waals surface area contributed by atoms with E-state index in [9.17, 15) is 18.0 Å².